The van der Waals surface area contributed by atoms with Gasteiger partial charge < -0.3 is 10.6 Å². The third-order valence-corrected chi connectivity index (χ3v) is 3.65. The minimum absolute atomic E-state index is 0.195. The maximum absolute atomic E-state index is 12.2. The molecule has 2 aromatic rings. The predicted molar refractivity (Wildman–Crippen MR) is 94.4 cm³/mol. The molecule has 2 N–H and O–H groups in total. The van der Waals surface area contributed by atoms with Gasteiger partial charge in [0.15, 0.2) is 0 Å². The number of amides is 1. The van der Waals surface area contributed by atoms with Crippen LogP contribution >= 0.6 is 12.2 Å². The molecule has 0 atom stereocenters. The molecule has 4 heteroatoms. The standard InChI is InChI=1S/C18H18N2OS/c1-13(14-9-5-3-6-10-14)16(17(21)19-2)20-18(22)15-11-7-4-8-12-15/h3-12H,1-2H3,(H,19,21)(H,20,22)/b16-13-. The van der Waals surface area contributed by atoms with E-state index in [9.17, 15) is 4.79 Å². The Morgan fingerprint density at radius 1 is 0.909 bits per heavy atom. The summed E-state index contributed by atoms with van der Waals surface area (Å²) in [5.74, 6) is -0.195. The summed E-state index contributed by atoms with van der Waals surface area (Å²) in [5.41, 5.74) is 3.16. The lowest BCUT2D eigenvalue weighted by Gasteiger charge is -2.15. The minimum atomic E-state index is -0.195. The van der Waals surface area contributed by atoms with Crippen LogP contribution in [0.1, 0.15) is 18.1 Å². The maximum atomic E-state index is 12.2. The van der Waals surface area contributed by atoms with Crippen molar-refractivity contribution in [2.24, 2.45) is 0 Å². The Balaban J connectivity index is 2.35. The van der Waals surface area contributed by atoms with Crippen molar-refractivity contribution >= 4 is 28.7 Å². The van der Waals surface area contributed by atoms with Gasteiger partial charge in [0.25, 0.3) is 5.91 Å². The maximum Gasteiger partial charge on any atom is 0.267 e. The number of hydrogen-bond acceptors (Lipinski definition) is 2. The Labute approximate surface area is 136 Å². The monoisotopic (exact) mass is 310 g/mol. The quantitative estimate of drug-likeness (QED) is 0.673. The molecule has 0 heterocycles. The largest absolute Gasteiger partial charge is 0.354 e. The SMILES string of the molecule is CNC(=O)/C(NC(=S)c1ccccc1)=C(\C)c1ccccc1. The van der Waals surface area contributed by atoms with Crippen LogP contribution in [0.4, 0.5) is 0 Å². The molecule has 0 aliphatic carbocycles. The smallest absolute Gasteiger partial charge is 0.267 e. The van der Waals surface area contributed by atoms with E-state index in [4.69, 9.17) is 12.2 Å². The van der Waals surface area contributed by atoms with E-state index in [1.165, 1.54) is 0 Å². The van der Waals surface area contributed by atoms with Crippen LogP contribution in [0.5, 0.6) is 0 Å². The van der Waals surface area contributed by atoms with Crippen LogP contribution in [0.15, 0.2) is 66.4 Å². The fraction of sp³-hybridized carbons (Fsp3) is 0.111. The fourth-order valence-electron chi connectivity index (χ4n) is 2.05. The Morgan fingerprint density at radius 2 is 1.41 bits per heavy atom. The summed E-state index contributed by atoms with van der Waals surface area (Å²) in [4.78, 5) is 12.7. The van der Waals surface area contributed by atoms with E-state index >= 15 is 0 Å². The first-order chi connectivity index (χ1) is 10.6. The summed E-state index contributed by atoms with van der Waals surface area (Å²) < 4.78 is 0. The van der Waals surface area contributed by atoms with Gasteiger partial charge in [0.1, 0.15) is 10.7 Å². The summed E-state index contributed by atoms with van der Waals surface area (Å²) in [7, 11) is 1.61. The van der Waals surface area contributed by atoms with Crippen LogP contribution in [0, 0.1) is 0 Å². The van der Waals surface area contributed by atoms with Gasteiger partial charge in [-0.15, -0.1) is 0 Å². The molecule has 0 radical (unpaired) electrons. The van der Waals surface area contributed by atoms with E-state index in [2.05, 4.69) is 10.6 Å². The second kappa shape index (κ2) is 7.52. The topological polar surface area (TPSA) is 41.1 Å². The molecule has 2 rings (SSSR count). The minimum Gasteiger partial charge on any atom is -0.354 e. The van der Waals surface area contributed by atoms with Gasteiger partial charge in [0.2, 0.25) is 0 Å². The molecular formula is C18H18N2OS. The zero-order valence-corrected chi connectivity index (χ0v) is 13.4. The lowest BCUT2D eigenvalue weighted by atomic mass is 10.0. The zero-order chi connectivity index (χ0) is 15.9. The second-order valence-corrected chi connectivity index (χ2v) is 5.17. The van der Waals surface area contributed by atoms with E-state index in [0.29, 0.717) is 10.7 Å². The molecule has 0 unspecified atom stereocenters. The van der Waals surface area contributed by atoms with Crippen molar-refractivity contribution in [1.82, 2.24) is 10.6 Å². The van der Waals surface area contributed by atoms with Gasteiger partial charge in [0.05, 0.1) is 0 Å². The highest BCUT2D eigenvalue weighted by Gasteiger charge is 2.14. The number of thiocarbonyl (C=S) groups is 1. The summed E-state index contributed by atoms with van der Waals surface area (Å²) in [6, 6.07) is 19.3. The average molecular weight is 310 g/mol. The van der Waals surface area contributed by atoms with Crippen molar-refractivity contribution in [2.45, 2.75) is 6.92 Å². The molecule has 3 nitrogen and oxygen atoms in total. The van der Waals surface area contributed by atoms with Crippen LogP contribution in [-0.2, 0) is 4.79 Å². The predicted octanol–water partition coefficient (Wildman–Crippen LogP) is 3.13. The lowest BCUT2D eigenvalue weighted by molar-refractivity contribution is -0.117. The van der Waals surface area contributed by atoms with Crippen molar-refractivity contribution in [3.63, 3.8) is 0 Å². The molecule has 0 aromatic heterocycles. The van der Waals surface area contributed by atoms with Gasteiger partial charge in [-0.3, -0.25) is 4.79 Å². The van der Waals surface area contributed by atoms with Crippen molar-refractivity contribution in [1.29, 1.82) is 0 Å². The van der Waals surface area contributed by atoms with Crippen LogP contribution in [0.25, 0.3) is 5.57 Å². The second-order valence-electron chi connectivity index (χ2n) is 4.77. The van der Waals surface area contributed by atoms with E-state index in [1.807, 2.05) is 67.6 Å². The molecule has 112 valence electrons. The number of carbonyl (C=O) groups is 1. The number of hydrogen-bond donors (Lipinski definition) is 2. The van der Waals surface area contributed by atoms with Crippen molar-refractivity contribution in [3.05, 3.63) is 77.5 Å². The van der Waals surface area contributed by atoms with Gasteiger partial charge in [-0.25, -0.2) is 0 Å². The lowest BCUT2D eigenvalue weighted by Crippen LogP contribution is -2.33. The van der Waals surface area contributed by atoms with E-state index in [1.54, 1.807) is 7.05 Å². The van der Waals surface area contributed by atoms with E-state index in [-0.39, 0.29) is 5.91 Å². The molecule has 0 aliphatic heterocycles. The molecule has 0 spiro atoms. The highest BCUT2D eigenvalue weighted by atomic mass is 32.1. The number of carbonyl (C=O) groups excluding carboxylic acids is 1. The highest BCUT2D eigenvalue weighted by molar-refractivity contribution is 7.80. The summed E-state index contributed by atoms with van der Waals surface area (Å²) >= 11 is 5.41. The van der Waals surface area contributed by atoms with Gasteiger partial charge in [-0.1, -0.05) is 72.9 Å². The fourth-order valence-corrected chi connectivity index (χ4v) is 2.29. The first-order valence-electron chi connectivity index (χ1n) is 6.98. The molecule has 22 heavy (non-hydrogen) atoms. The first kappa shape index (κ1) is 15.9. The highest BCUT2D eigenvalue weighted by Crippen LogP contribution is 2.17. The zero-order valence-electron chi connectivity index (χ0n) is 12.6. The third kappa shape index (κ3) is 3.80. The molecule has 0 bridgehead atoms. The Bertz CT molecular complexity index is 694. The van der Waals surface area contributed by atoms with Gasteiger partial charge in [0, 0.05) is 12.6 Å². The average Bonchev–Trinajstić information content (AvgIpc) is 2.59. The summed E-state index contributed by atoms with van der Waals surface area (Å²) in [5, 5.41) is 5.73. The van der Waals surface area contributed by atoms with E-state index in [0.717, 1.165) is 16.7 Å². The van der Waals surface area contributed by atoms with Crippen LogP contribution in [0.3, 0.4) is 0 Å². The molecule has 2 aromatic carbocycles. The molecule has 0 saturated heterocycles. The Hall–Kier alpha value is -2.46. The van der Waals surface area contributed by atoms with Crippen molar-refractivity contribution < 1.29 is 4.79 Å². The summed E-state index contributed by atoms with van der Waals surface area (Å²) in [6.45, 7) is 1.90. The van der Waals surface area contributed by atoms with Crippen LogP contribution in [-0.4, -0.2) is 17.9 Å². The molecule has 0 saturated carbocycles. The van der Waals surface area contributed by atoms with E-state index < -0.39 is 0 Å². The number of nitrogens with one attached hydrogen (secondary N) is 2. The molecular weight excluding hydrogens is 292 g/mol. The Morgan fingerprint density at radius 3 is 1.91 bits per heavy atom. The number of benzene rings is 2. The summed E-state index contributed by atoms with van der Waals surface area (Å²) in [6.07, 6.45) is 0. The van der Waals surface area contributed by atoms with Crippen molar-refractivity contribution in [3.8, 4) is 0 Å². The number of rotatable bonds is 4. The normalized spacial score (nSPS) is 11.4. The van der Waals surface area contributed by atoms with Crippen LogP contribution in [0.2, 0.25) is 0 Å². The molecule has 1 amide bonds. The van der Waals surface area contributed by atoms with Crippen LogP contribution < -0.4 is 10.6 Å². The first-order valence-corrected chi connectivity index (χ1v) is 7.39. The molecule has 0 aliphatic rings. The van der Waals surface area contributed by atoms with Gasteiger partial charge >= 0.3 is 0 Å². The third-order valence-electron chi connectivity index (χ3n) is 3.31. The van der Waals surface area contributed by atoms with Gasteiger partial charge in [-0.05, 0) is 18.1 Å². The number of allylic oxidation sites excluding steroid dienone is 1. The number of likely N-dealkylation sites (N-methyl/N-ethyl adjacent to an activating group) is 1. The van der Waals surface area contributed by atoms with Crippen molar-refractivity contribution in [2.75, 3.05) is 7.05 Å². The van der Waals surface area contributed by atoms with Gasteiger partial charge in [-0.2, -0.15) is 0 Å². The molecule has 0 fully saturated rings. The Kier molecular flexibility index (Phi) is 5.44.